The van der Waals surface area contributed by atoms with Gasteiger partial charge in [-0.1, -0.05) is 6.08 Å². The summed E-state index contributed by atoms with van der Waals surface area (Å²) in [6.45, 7) is 6.31. The Hall–Kier alpha value is -0.480. The van der Waals surface area contributed by atoms with Gasteiger partial charge in [-0.15, -0.1) is 18.3 Å². The highest BCUT2D eigenvalue weighted by Gasteiger charge is 2.14. The molecule has 1 saturated heterocycles. The van der Waals surface area contributed by atoms with E-state index < -0.39 is 0 Å². The van der Waals surface area contributed by atoms with Crippen LogP contribution in [-0.4, -0.2) is 36.5 Å². The molecule has 1 heterocycles. The average Bonchev–Trinajstić information content (AvgIpc) is 2.25. The van der Waals surface area contributed by atoms with Gasteiger partial charge < -0.3 is 10.6 Å². The molecule has 0 aliphatic carbocycles. The fourth-order valence-corrected chi connectivity index (χ4v) is 2.45. The Labute approximate surface area is 89.7 Å². The van der Waals surface area contributed by atoms with Crippen LogP contribution in [0.15, 0.2) is 12.7 Å². The number of piperidine rings is 1. The number of amides is 1. The molecule has 1 aliphatic rings. The van der Waals surface area contributed by atoms with E-state index in [1.54, 1.807) is 17.8 Å². The quantitative estimate of drug-likeness (QED) is 0.664. The zero-order valence-corrected chi connectivity index (χ0v) is 9.24. The molecule has 0 radical (unpaired) electrons. The van der Waals surface area contributed by atoms with E-state index in [1.807, 2.05) is 0 Å². The van der Waals surface area contributed by atoms with Crippen LogP contribution in [0.2, 0.25) is 0 Å². The van der Waals surface area contributed by atoms with Crippen LogP contribution >= 0.6 is 11.8 Å². The van der Waals surface area contributed by atoms with Gasteiger partial charge in [-0.05, 0) is 25.9 Å². The first-order valence-electron chi connectivity index (χ1n) is 5.03. The molecule has 0 aromatic heterocycles. The number of thioether (sulfide) groups is 1. The number of hydrogen-bond acceptors (Lipinski definition) is 3. The van der Waals surface area contributed by atoms with Gasteiger partial charge in [-0.3, -0.25) is 4.79 Å². The molecule has 0 saturated carbocycles. The van der Waals surface area contributed by atoms with E-state index in [0.717, 1.165) is 13.1 Å². The van der Waals surface area contributed by atoms with Gasteiger partial charge in [0.05, 0.1) is 5.75 Å². The van der Waals surface area contributed by atoms with E-state index >= 15 is 0 Å². The fraction of sp³-hybridized carbons (Fsp3) is 0.700. The Bertz CT molecular complexity index is 191. The van der Waals surface area contributed by atoms with Crippen LogP contribution in [0, 0.1) is 0 Å². The first kappa shape index (κ1) is 11.6. The van der Waals surface area contributed by atoms with Crippen molar-refractivity contribution in [1.82, 2.24) is 10.6 Å². The van der Waals surface area contributed by atoms with Gasteiger partial charge in [0.2, 0.25) is 5.91 Å². The van der Waals surface area contributed by atoms with Crippen LogP contribution in [0.25, 0.3) is 0 Å². The van der Waals surface area contributed by atoms with Gasteiger partial charge in [-0.25, -0.2) is 0 Å². The normalized spacial score (nSPS) is 17.7. The van der Waals surface area contributed by atoms with Crippen molar-refractivity contribution in [1.29, 1.82) is 0 Å². The Balaban J connectivity index is 2.06. The monoisotopic (exact) mass is 214 g/mol. The predicted molar refractivity (Wildman–Crippen MR) is 61.6 cm³/mol. The molecule has 0 aromatic carbocycles. The van der Waals surface area contributed by atoms with Crippen molar-refractivity contribution in [2.45, 2.75) is 18.1 Å². The van der Waals surface area contributed by atoms with E-state index in [1.165, 1.54) is 12.8 Å². The van der Waals surface area contributed by atoms with E-state index in [9.17, 15) is 4.79 Å². The van der Waals surface area contributed by atoms with Crippen LogP contribution in [-0.2, 0) is 4.79 Å². The van der Waals surface area contributed by atoms with Gasteiger partial charge in [0.1, 0.15) is 0 Å². The molecule has 1 rings (SSSR count). The minimum absolute atomic E-state index is 0.119. The van der Waals surface area contributed by atoms with Crippen molar-refractivity contribution < 1.29 is 4.79 Å². The largest absolute Gasteiger partial charge is 0.352 e. The third kappa shape index (κ3) is 4.67. The minimum atomic E-state index is 0.119. The molecule has 14 heavy (non-hydrogen) atoms. The Morgan fingerprint density at radius 3 is 2.93 bits per heavy atom. The molecule has 80 valence electrons. The second-order valence-corrected chi connectivity index (χ2v) is 4.64. The molecule has 0 aromatic rings. The Morgan fingerprint density at radius 1 is 1.57 bits per heavy atom. The summed E-state index contributed by atoms with van der Waals surface area (Å²) < 4.78 is 0. The van der Waals surface area contributed by atoms with Gasteiger partial charge in [0, 0.05) is 11.8 Å². The number of carbonyl (C=O) groups excluding carboxylic acids is 1. The van der Waals surface area contributed by atoms with Gasteiger partial charge >= 0.3 is 0 Å². The molecule has 1 fully saturated rings. The summed E-state index contributed by atoms with van der Waals surface area (Å²) in [5.41, 5.74) is 0. The summed E-state index contributed by atoms with van der Waals surface area (Å²) in [4.78, 5) is 11.2. The second kappa shape index (κ2) is 6.90. The van der Waals surface area contributed by atoms with E-state index in [4.69, 9.17) is 0 Å². The molecular weight excluding hydrogens is 196 g/mol. The number of carbonyl (C=O) groups is 1. The third-order valence-corrected chi connectivity index (χ3v) is 3.55. The maximum atomic E-state index is 11.2. The molecule has 1 amide bonds. The zero-order chi connectivity index (χ0) is 10.2. The highest BCUT2D eigenvalue weighted by Crippen LogP contribution is 2.19. The summed E-state index contributed by atoms with van der Waals surface area (Å²) in [5, 5.41) is 6.75. The fourth-order valence-electron chi connectivity index (χ4n) is 1.39. The first-order valence-corrected chi connectivity index (χ1v) is 6.07. The average molecular weight is 214 g/mol. The maximum absolute atomic E-state index is 11.2. The molecular formula is C10H18N2OS. The van der Waals surface area contributed by atoms with Crippen molar-refractivity contribution >= 4 is 17.7 Å². The summed E-state index contributed by atoms with van der Waals surface area (Å²) in [6, 6.07) is 0. The minimum Gasteiger partial charge on any atom is -0.352 e. The molecule has 1 aliphatic heterocycles. The lowest BCUT2D eigenvalue weighted by Crippen LogP contribution is -2.31. The van der Waals surface area contributed by atoms with Gasteiger partial charge in [0.25, 0.3) is 0 Å². The third-order valence-electron chi connectivity index (χ3n) is 2.18. The molecule has 0 unspecified atom stereocenters. The summed E-state index contributed by atoms with van der Waals surface area (Å²) in [5.74, 6) is 0.701. The van der Waals surface area contributed by atoms with Crippen LogP contribution in [0.4, 0.5) is 0 Å². The van der Waals surface area contributed by atoms with Crippen molar-refractivity contribution in [3.8, 4) is 0 Å². The zero-order valence-electron chi connectivity index (χ0n) is 8.42. The molecule has 4 heteroatoms. The first-order chi connectivity index (χ1) is 6.83. The molecule has 0 atom stereocenters. The number of hydrogen-bond donors (Lipinski definition) is 2. The van der Waals surface area contributed by atoms with Crippen molar-refractivity contribution in [3.63, 3.8) is 0 Å². The van der Waals surface area contributed by atoms with Crippen molar-refractivity contribution in [3.05, 3.63) is 12.7 Å². The summed E-state index contributed by atoms with van der Waals surface area (Å²) in [7, 11) is 0. The second-order valence-electron chi connectivity index (χ2n) is 3.35. The Morgan fingerprint density at radius 2 is 2.29 bits per heavy atom. The smallest absolute Gasteiger partial charge is 0.230 e. The van der Waals surface area contributed by atoms with E-state index in [-0.39, 0.29) is 5.91 Å². The lowest BCUT2D eigenvalue weighted by atomic mass is 10.2. The highest BCUT2D eigenvalue weighted by molar-refractivity contribution is 8.00. The number of rotatable bonds is 5. The van der Waals surface area contributed by atoms with E-state index in [0.29, 0.717) is 17.5 Å². The number of nitrogens with one attached hydrogen (secondary N) is 2. The lowest BCUT2D eigenvalue weighted by molar-refractivity contribution is -0.118. The lowest BCUT2D eigenvalue weighted by Gasteiger charge is -2.21. The topological polar surface area (TPSA) is 41.1 Å². The maximum Gasteiger partial charge on any atom is 0.230 e. The molecule has 3 nitrogen and oxygen atoms in total. The van der Waals surface area contributed by atoms with Crippen LogP contribution in [0.3, 0.4) is 0 Å². The SMILES string of the molecule is C=CCNC(=O)CSC1CCNCC1. The summed E-state index contributed by atoms with van der Waals surface area (Å²) >= 11 is 1.77. The van der Waals surface area contributed by atoms with Gasteiger partial charge in [0.15, 0.2) is 0 Å². The van der Waals surface area contributed by atoms with Crippen molar-refractivity contribution in [2.24, 2.45) is 0 Å². The summed E-state index contributed by atoms with van der Waals surface area (Å²) in [6.07, 6.45) is 4.06. The predicted octanol–water partition coefficient (Wildman–Crippen LogP) is 0.774. The van der Waals surface area contributed by atoms with Crippen LogP contribution in [0.1, 0.15) is 12.8 Å². The van der Waals surface area contributed by atoms with E-state index in [2.05, 4.69) is 17.2 Å². The van der Waals surface area contributed by atoms with Crippen LogP contribution < -0.4 is 10.6 Å². The Kier molecular flexibility index (Phi) is 5.71. The van der Waals surface area contributed by atoms with Crippen LogP contribution in [0.5, 0.6) is 0 Å². The van der Waals surface area contributed by atoms with Crippen molar-refractivity contribution in [2.75, 3.05) is 25.4 Å². The molecule has 0 spiro atoms. The van der Waals surface area contributed by atoms with Gasteiger partial charge in [-0.2, -0.15) is 0 Å². The molecule has 2 N–H and O–H groups in total. The highest BCUT2D eigenvalue weighted by atomic mass is 32.2. The standard InChI is InChI=1S/C10H18N2OS/c1-2-5-12-10(13)8-14-9-3-6-11-7-4-9/h2,9,11H,1,3-8H2,(H,12,13). The molecule has 0 bridgehead atoms.